The fraction of sp³-hybridized carbons (Fsp3) is 0.625. The summed E-state index contributed by atoms with van der Waals surface area (Å²) in [6.45, 7) is 8.87. The Hall–Kier alpha value is -1.85. The number of rotatable bonds is 3. The number of fused-ring (bicyclic) bond motifs is 2. The van der Waals surface area contributed by atoms with E-state index in [0.29, 0.717) is 30.3 Å². The summed E-state index contributed by atoms with van der Waals surface area (Å²) in [6, 6.07) is 8.62. The normalized spacial score (nSPS) is 36.6. The maximum atomic E-state index is 11.5. The van der Waals surface area contributed by atoms with Gasteiger partial charge in [-0.2, -0.15) is 0 Å². The first-order valence-corrected chi connectivity index (χ1v) is 10.6. The molecule has 5 nitrogen and oxygen atoms in total. The standard InChI is InChI=1S/C24H32O5/c1-22(2)18-9-12-24(4,27)19(23(18,3)11-10-20(22)25)14-28-16-7-5-15-6-8-21(26)29-17(15)13-16/h5-8,13,18-20,25,27H,9-12,14H2,1-4H3/t18-,19+,20-,23+,24+/m0/s1. The minimum atomic E-state index is -0.826. The average Bonchev–Trinajstić information content (AvgIpc) is 2.64. The van der Waals surface area contributed by atoms with E-state index in [1.165, 1.54) is 6.07 Å². The third-order valence-corrected chi connectivity index (χ3v) is 8.01. The molecule has 29 heavy (non-hydrogen) atoms. The van der Waals surface area contributed by atoms with Crippen LogP contribution in [-0.4, -0.2) is 28.5 Å². The summed E-state index contributed by atoms with van der Waals surface area (Å²) in [7, 11) is 0. The van der Waals surface area contributed by atoms with Gasteiger partial charge in [0.25, 0.3) is 0 Å². The first-order valence-electron chi connectivity index (χ1n) is 10.6. The Kier molecular flexibility index (Phi) is 4.82. The van der Waals surface area contributed by atoms with Crippen LogP contribution in [0.5, 0.6) is 5.75 Å². The quantitative estimate of drug-likeness (QED) is 0.757. The van der Waals surface area contributed by atoms with E-state index in [1.54, 1.807) is 12.1 Å². The van der Waals surface area contributed by atoms with Gasteiger partial charge in [0.15, 0.2) is 0 Å². The lowest BCUT2D eigenvalue weighted by atomic mass is 9.45. The van der Waals surface area contributed by atoms with Crippen molar-refractivity contribution in [3.05, 3.63) is 40.8 Å². The molecule has 0 amide bonds. The molecule has 2 aliphatic carbocycles. The highest BCUT2D eigenvalue weighted by atomic mass is 16.5. The molecule has 1 aromatic heterocycles. The highest BCUT2D eigenvalue weighted by Gasteiger charge is 2.60. The molecular weight excluding hydrogens is 368 g/mol. The molecule has 0 saturated heterocycles. The Morgan fingerprint density at radius 3 is 2.59 bits per heavy atom. The topological polar surface area (TPSA) is 79.9 Å². The molecule has 5 atom stereocenters. The summed E-state index contributed by atoms with van der Waals surface area (Å²) in [4.78, 5) is 11.5. The Balaban J connectivity index is 1.61. The van der Waals surface area contributed by atoms with Gasteiger partial charge in [-0.05, 0) is 67.6 Å². The van der Waals surface area contributed by atoms with E-state index < -0.39 is 5.60 Å². The average molecular weight is 401 g/mol. The lowest BCUT2D eigenvalue weighted by molar-refractivity contribution is -0.201. The molecule has 1 aromatic carbocycles. The lowest BCUT2D eigenvalue weighted by Gasteiger charge is -2.62. The van der Waals surface area contributed by atoms with Gasteiger partial charge < -0.3 is 19.4 Å². The Morgan fingerprint density at radius 2 is 1.83 bits per heavy atom. The molecule has 2 N–H and O–H groups in total. The molecule has 5 heteroatoms. The zero-order valence-corrected chi connectivity index (χ0v) is 17.8. The van der Waals surface area contributed by atoms with Gasteiger partial charge in [0.05, 0.1) is 18.3 Å². The number of hydrogen-bond acceptors (Lipinski definition) is 5. The second-order valence-corrected chi connectivity index (χ2v) is 10.1. The molecule has 0 radical (unpaired) electrons. The smallest absolute Gasteiger partial charge is 0.336 e. The van der Waals surface area contributed by atoms with Gasteiger partial charge in [0.2, 0.25) is 0 Å². The van der Waals surface area contributed by atoms with E-state index in [-0.39, 0.29) is 28.5 Å². The van der Waals surface area contributed by atoms with Crippen LogP contribution in [-0.2, 0) is 0 Å². The van der Waals surface area contributed by atoms with Crippen molar-refractivity contribution < 1.29 is 19.4 Å². The number of aliphatic hydroxyl groups is 2. The minimum absolute atomic E-state index is 0.0565. The highest BCUT2D eigenvalue weighted by molar-refractivity contribution is 5.77. The summed E-state index contributed by atoms with van der Waals surface area (Å²) < 4.78 is 11.4. The molecular formula is C24H32O5. The maximum Gasteiger partial charge on any atom is 0.336 e. The van der Waals surface area contributed by atoms with Crippen LogP contribution < -0.4 is 10.4 Å². The second kappa shape index (κ2) is 6.85. The van der Waals surface area contributed by atoms with E-state index in [2.05, 4.69) is 20.8 Å². The molecule has 2 fully saturated rings. The van der Waals surface area contributed by atoms with Crippen molar-refractivity contribution in [1.29, 1.82) is 0 Å². The molecule has 4 rings (SSSR count). The molecule has 158 valence electrons. The van der Waals surface area contributed by atoms with Crippen LogP contribution >= 0.6 is 0 Å². The summed E-state index contributed by atoms with van der Waals surface area (Å²) in [5.74, 6) is 0.893. The molecule has 0 aliphatic heterocycles. The molecule has 0 spiro atoms. The van der Waals surface area contributed by atoms with Crippen molar-refractivity contribution in [2.24, 2.45) is 22.7 Å². The maximum absolute atomic E-state index is 11.5. The Bertz CT molecular complexity index is 959. The minimum Gasteiger partial charge on any atom is -0.493 e. The number of ether oxygens (including phenoxy) is 1. The fourth-order valence-electron chi connectivity index (χ4n) is 6.20. The summed E-state index contributed by atoms with van der Waals surface area (Å²) in [5, 5.41) is 22.7. The van der Waals surface area contributed by atoms with Crippen molar-refractivity contribution in [3.63, 3.8) is 0 Å². The number of benzene rings is 1. The van der Waals surface area contributed by atoms with Gasteiger partial charge in [-0.1, -0.05) is 20.8 Å². The number of aliphatic hydroxyl groups excluding tert-OH is 1. The molecule has 2 aromatic rings. The van der Waals surface area contributed by atoms with E-state index in [0.717, 1.165) is 24.6 Å². The van der Waals surface area contributed by atoms with Gasteiger partial charge in [0.1, 0.15) is 11.3 Å². The van der Waals surface area contributed by atoms with Crippen molar-refractivity contribution in [1.82, 2.24) is 0 Å². The van der Waals surface area contributed by atoms with Crippen LogP contribution in [0, 0.1) is 22.7 Å². The molecule has 1 heterocycles. The molecule has 2 saturated carbocycles. The summed E-state index contributed by atoms with van der Waals surface area (Å²) in [5.41, 5.74) is -1.02. The van der Waals surface area contributed by atoms with Gasteiger partial charge in [0, 0.05) is 23.4 Å². The van der Waals surface area contributed by atoms with Crippen LogP contribution in [0.2, 0.25) is 0 Å². The SMILES string of the molecule is CC1(C)[C@@H](O)CC[C@@]2(C)[C@@H](COc3ccc4ccc(=O)oc4c3)[C@](C)(O)CC[C@@H]12. The van der Waals surface area contributed by atoms with Crippen LogP contribution in [0.25, 0.3) is 11.0 Å². The zero-order chi connectivity index (χ0) is 21.0. The Morgan fingerprint density at radius 1 is 1.10 bits per heavy atom. The fourth-order valence-corrected chi connectivity index (χ4v) is 6.20. The number of hydrogen-bond donors (Lipinski definition) is 2. The van der Waals surface area contributed by atoms with E-state index in [4.69, 9.17) is 9.15 Å². The second-order valence-electron chi connectivity index (χ2n) is 10.1. The van der Waals surface area contributed by atoms with Crippen LogP contribution in [0.3, 0.4) is 0 Å². The van der Waals surface area contributed by atoms with Gasteiger partial charge >= 0.3 is 5.63 Å². The van der Waals surface area contributed by atoms with Gasteiger partial charge in [-0.25, -0.2) is 4.79 Å². The third kappa shape index (κ3) is 3.38. The van der Waals surface area contributed by atoms with Crippen molar-refractivity contribution in [2.75, 3.05) is 6.61 Å². The third-order valence-electron chi connectivity index (χ3n) is 8.01. The van der Waals surface area contributed by atoms with Gasteiger partial charge in [-0.3, -0.25) is 0 Å². The Labute approximate surface area is 171 Å². The van der Waals surface area contributed by atoms with E-state index in [9.17, 15) is 15.0 Å². The monoisotopic (exact) mass is 400 g/mol. The zero-order valence-electron chi connectivity index (χ0n) is 17.8. The predicted octanol–water partition coefficient (Wildman–Crippen LogP) is 4.14. The van der Waals surface area contributed by atoms with Crippen LogP contribution in [0.15, 0.2) is 39.5 Å². The highest BCUT2D eigenvalue weighted by Crippen LogP contribution is 2.61. The van der Waals surface area contributed by atoms with E-state index in [1.807, 2.05) is 19.1 Å². The molecule has 0 bridgehead atoms. The predicted molar refractivity (Wildman–Crippen MR) is 112 cm³/mol. The first kappa shape index (κ1) is 20.4. The summed E-state index contributed by atoms with van der Waals surface area (Å²) in [6.07, 6.45) is 2.91. The lowest BCUT2D eigenvalue weighted by Crippen LogP contribution is -2.61. The largest absolute Gasteiger partial charge is 0.493 e. The van der Waals surface area contributed by atoms with Crippen LogP contribution in [0.1, 0.15) is 53.4 Å². The van der Waals surface area contributed by atoms with Crippen molar-refractivity contribution in [2.45, 2.75) is 65.1 Å². The molecule has 0 unspecified atom stereocenters. The summed E-state index contributed by atoms with van der Waals surface area (Å²) >= 11 is 0. The van der Waals surface area contributed by atoms with Crippen LogP contribution in [0.4, 0.5) is 0 Å². The van der Waals surface area contributed by atoms with Crippen molar-refractivity contribution in [3.8, 4) is 5.75 Å². The van der Waals surface area contributed by atoms with Crippen molar-refractivity contribution >= 4 is 11.0 Å². The molecule has 2 aliphatic rings. The van der Waals surface area contributed by atoms with Gasteiger partial charge in [-0.15, -0.1) is 0 Å². The first-order chi connectivity index (χ1) is 13.5. The van der Waals surface area contributed by atoms with E-state index >= 15 is 0 Å².